The normalized spacial score (nSPS) is 11.2. The third kappa shape index (κ3) is 3.61. The van der Waals surface area contributed by atoms with Gasteiger partial charge in [0.15, 0.2) is 22.8 Å². The lowest BCUT2D eigenvalue weighted by molar-refractivity contribution is 0.415. The van der Waals surface area contributed by atoms with Crippen LogP contribution in [0.1, 0.15) is 5.82 Å². The predicted octanol–water partition coefficient (Wildman–Crippen LogP) is 4.98. The molecule has 3 aromatic carbocycles. The average Bonchev–Trinajstić information content (AvgIpc) is 3.52. The first kappa shape index (κ1) is 19.9. The van der Waals surface area contributed by atoms with E-state index in [-0.39, 0.29) is 0 Å². The van der Waals surface area contributed by atoms with E-state index in [1.54, 1.807) is 13.4 Å². The van der Waals surface area contributed by atoms with Crippen molar-refractivity contribution in [1.82, 2.24) is 29.5 Å². The minimum absolute atomic E-state index is 0.473. The van der Waals surface area contributed by atoms with E-state index in [0.29, 0.717) is 23.7 Å². The fraction of sp³-hybridized carbons (Fsp3) is 0.0769. The van der Waals surface area contributed by atoms with Crippen molar-refractivity contribution < 1.29 is 4.74 Å². The number of para-hydroxylation sites is 3. The van der Waals surface area contributed by atoms with Gasteiger partial charge in [0.2, 0.25) is 0 Å². The zero-order valence-electron chi connectivity index (χ0n) is 18.4. The molecule has 0 unspecified atom stereocenters. The SMILES string of the molecule is COc1ccc(-c2nc(NCc3nc4ccccc4[nH]3)c3ncn(-c4ccccc4)c3n2)cc1. The number of benzene rings is 3. The number of ether oxygens (including phenoxy) is 1. The van der Waals surface area contributed by atoms with Gasteiger partial charge in [-0.2, -0.15) is 0 Å². The maximum absolute atomic E-state index is 5.30. The van der Waals surface area contributed by atoms with Crippen LogP contribution in [0.2, 0.25) is 0 Å². The van der Waals surface area contributed by atoms with Gasteiger partial charge in [-0.1, -0.05) is 30.3 Å². The molecular weight excluding hydrogens is 426 g/mol. The molecule has 0 amide bonds. The number of hydrogen-bond donors (Lipinski definition) is 2. The molecule has 8 heteroatoms. The zero-order valence-corrected chi connectivity index (χ0v) is 18.4. The van der Waals surface area contributed by atoms with Crippen molar-refractivity contribution in [2.45, 2.75) is 6.54 Å². The molecule has 8 nitrogen and oxygen atoms in total. The van der Waals surface area contributed by atoms with Gasteiger partial charge < -0.3 is 15.0 Å². The number of imidazole rings is 2. The smallest absolute Gasteiger partial charge is 0.170 e. The summed E-state index contributed by atoms with van der Waals surface area (Å²) in [7, 11) is 1.65. The number of aromatic amines is 1. The van der Waals surface area contributed by atoms with Crippen molar-refractivity contribution in [3.63, 3.8) is 0 Å². The Balaban J connectivity index is 1.43. The van der Waals surface area contributed by atoms with Crippen LogP contribution >= 0.6 is 0 Å². The Labute approximate surface area is 195 Å². The first-order valence-corrected chi connectivity index (χ1v) is 10.9. The molecule has 34 heavy (non-hydrogen) atoms. The summed E-state index contributed by atoms with van der Waals surface area (Å²) < 4.78 is 7.27. The van der Waals surface area contributed by atoms with Crippen LogP contribution in [0.15, 0.2) is 85.2 Å². The van der Waals surface area contributed by atoms with E-state index in [1.165, 1.54) is 0 Å². The van der Waals surface area contributed by atoms with Gasteiger partial charge >= 0.3 is 0 Å². The Morgan fingerprint density at radius 2 is 1.68 bits per heavy atom. The third-order valence-corrected chi connectivity index (χ3v) is 5.64. The molecule has 0 saturated carbocycles. The number of fused-ring (bicyclic) bond motifs is 2. The third-order valence-electron chi connectivity index (χ3n) is 5.64. The largest absolute Gasteiger partial charge is 0.497 e. The summed E-state index contributed by atoms with van der Waals surface area (Å²) in [6.45, 7) is 0.473. The van der Waals surface area contributed by atoms with Gasteiger partial charge in [0.05, 0.1) is 24.7 Å². The van der Waals surface area contributed by atoms with Gasteiger partial charge in [0.25, 0.3) is 0 Å². The minimum Gasteiger partial charge on any atom is -0.497 e. The van der Waals surface area contributed by atoms with Crippen LogP contribution < -0.4 is 10.1 Å². The monoisotopic (exact) mass is 447 g/mol. The van der Waals surface area contributed by atoms with Gasteiger partial charge in [-0.25, -0.2) is 19.9 Å². The highest BCUT2D eigenvalue weighted by Crippen LogP contribution is 2.27. The Hall–Kier alpha value is -4.72. The average molecular weight is 448 g/mol. The topological polar surface area (TPSA) is 93.5 Å². The zero-order chi connectivity index (χ0) is 22.9. The van der Waals surface area contributed by atoms with Gasteiger partial charge in [0.1, 0.15) is 17.9 Å². The van der Waals surface area contributed by atoms with E-state index in [0.717, 1.165) is 39.5 Å². The fourth-order valence-electron chi connectivity index (χ4n) is 3.93. The van der Waals surface area contributed by atoms with Crippen molar-refractivity contribution in [3.05, 3.63) is 91.0 Å². The molecule has 3 aromatic heterocycles. The molecule has 0 aliphatic rings. The molecule has 0 atom stereocenters. The van der Waals surface area contributed by atoms with E-state index in [2.05, 4.69) is 20.3 Å². The fourth-order valence-corrected chi connectivity index (χ4v) is 3.93. The van der Waals surface area contributed by atoms with Crippen molar-refractivity contribution >= 4 is 28.0 Å². The highest BCUT2D eigenvalue weighted by molar-refractivity contribution is 5.86. The first-order chi connectivity index (χ1) is 16.8. The van der Waals surface area contributed by atoms with Crippen LogP contribution in [0.5, 0.6) is 5.75 Å². The van der Waals surface area contributed by atoms with Gasteiger partial charge in [-0.15, -0.1) is 0 Å². The first-order valence-electron chi connectivity index (χ1n) is 10.9. The molecule has 0 spiro atoms. The van der Waals surface area contributed by atoms with Crippen molar-refractivity contribution in [2.75, 3.05) is 12.4 Å². The number of aromatic nitrogens is 6. The summed E-state index contributed by atoms with van der Waals surface area (Å²) in [6, 6.07) is 25.7. The summed E-state index contributed by atoms with van der Waals surface area (Å²) in [5, 5.41) is 3.42. The standard InChI is InChI=1S/C26H21N7O/c1-34-19-13-11-17(12-14-19)24-31-25(27-15-22-29-20-9-5-6-10-21(20)30-22)23-26(32-24)33(16-28-23)18-7-3-2-4-8-18/h2-14,16H,15H2,1H3,(H,29,30)(H,27,31,32). The number of nitrogens with one attached hydrogen (secondary N) is 2. The van der Waals surface area contributed by atoms with Crippen LogP contribution in [0.3, 0.4) is 0 Å². The molecule has 0 fully saturated rings. The summed E-state index contributed by atoms with van der Waals surface area (Å²) in [4.78, 5) is 22.3. The quantitative estimate of drug-likeness (QED) is 0.374. The predicted molar refractivity (Wildman–Crippen MR) is 132 cm³/mol. The van der Waals surface area contributed by atoms with Gasteiger partial charge in [0, 0.05) is 11.3 Å². The molecule has 0 saturated heterocycles. The molecule has 6 rings (SSSR count). The number of anilines is 1. The van der Waals surface area contributed by atoms with Crippen molar-refractivity contribution in [3.8, 4) is 22.8 Å². The van der Waals surface area contributed by atoms with E-state index < -0.39 is 0 Å². The van der Waals surface area contributed by atoms with E-state index in [9.17, 15) is 0 Å². The van der Waals surface area contributed by atoms with Crippen LogP contribution in [0, 0.1) is 0 Å². The Kier molecular flexibility index (Phi) is 4.88. The lowest BCUT2D eigenvalue weighted by Crippen LogP contribution is -2.06. The summed E-state index contributed by atoms with van der Waals surface area (Å²) in [5.41, 5.74) is 5.21. The van der Waals surface area contributed by atoms with Crippen LogP contribution in [-0.4, -0.2) is 36.6 Å². The highest BCUT2D eigenvalue weighted by Gasteiger charge is 2.16. The van der Waals surface area contributed by atoms with Gasteiger partial charge in [-0.3, -0.25) is 4.57 Å². The lowest BCUT2D eigenvalue weighted by Gasteiger charge is -2.10. The Morgan fingerprint density at radius 1 is 0.882 bits per heavy atom. The second-order valence-electron chi connectivity index (χ2n) is 7.80. The van der Waals surface area contributed by atoms with Crippen LogP contribution in [-0.2, 0) is 6.54 Å². The number of hydrogen-bond acceptors (Lipinski definition) is 6. The molecule has 0 radical (unpaired) electrons. The molecule has 0 aliphatic heterocycles. The molecule has 0 aliphatic carbocycles. The summed E-state index contributed by atoms with van der Waals surface area (Å²) in [5.74, 6) is 2.84. The Bertz CT molecular complexity index is 1550. The number of rotatable bonds is 6. The summed E-state index contributed by atoms with van der Waals surface area (Å²) >= 11 is 0. The molecule has 0 bridgehead atoms. The van der Waals surface area contributed by atoms with Gasteiger partial charge in [-0.05, 0) is 48.5 Å². The van der Waals surface area contributed by atoms with Crippen molar-refractivity contribution in [2.24, 2.45) is 0 Å². The van der Waals surface area contributed by atoms with E-state index in [4.69, 9.17) is 14.7 Å². The van der Waals surface area contributed by atoms with Crippen LogP contribution in [0.4, 0.5) is 5.82 Å². The molecule has 166 valence electrons. The van der Waals surface area contributed by atoms with Crippen LogP contribution in [0.25, 0.3) is 39.3 Å². The second-order valence-corrected chi connectivity index (χ2v) is 7.80. The second kappa shape index (κ2) is 8.32. The lowest BCUT2D eigenvalue weighted by atomic mass is 10.2. The van der Waals surface area contributed by atoms with E-state index >= 15 is 0 Å². The van der Waals surface area contributed by atoms with Crippen molar-refractivity contribution in [1.29, 1.82) is 0 Å². The molecule has 6 aromatic rings. The maximum atomic E-state index is 5.30. The highest BCUT2D eigenvalue weighted by atomic mass is 16.5. The molecular formula is C26H21N7O. The number of nitrogens with zero attached hydrogens (tertiary/aromatic N) is 5. The molecule has 2 N–H and O–H groups in total. The summed E-state index contributed by atoms with van der Waals surface area (Å²) in [6.07, 6.45) is 1.78. The molecule has 3 heterocycles. The number of methoxy groups -OCH3 is 1. The van der Waals surface area contributed by atoms with E-state index in [1.807, 2.05) is 83.4 Å². The maximum Gasteiger partial charge on any atom is 0.170 e. The minimum atomic E-state index is 0.473. The number of H-pyrrole nitrogens is 1. The Morgan fingerprint density at radius 3 is 2.47 bits per heavy atom.